The van der Waals surface area contributed by atoms with Crippen molar-refractivity contribution in [2.75, 3.05) is 0 Å². The van der Waals surface area contributed by atoms with Crippen LogP contribution in [0.15, 0.2) is 36.6 Å². The van der Waals surface area contributed by atoms with Crippen LogP contribution in [0.25, 0.3) is 0 Å². The minimum absolute atomic E-state index is 0.327. The average molecular weight is 368 g/mol. The average Bonchev–Trinajstić information content (AvgIpc) is 2.72. The van der Waals surface area contributed by atoms with Gasteiger partial charge in [0.25, 0.3) is 0 Å². The highest BCUT2D eigenvalue weighted by Gasteiger charge is 2.22. The van der Waals surface area contributed by atoms with Crippen molar-refractivity contribution in [2.24, 2.45) is 5.92 Å². The molecule has 0 aliphatic heterocycles. The van der Waals surface area contributed by atoms with E-state index in [-0.39, 0.29) is 0 Å². The SMILES string of the molecule is CCCCCC/C=C/OC(C)CCC1CCC(c2ccc(C#N)cc2)CC1. The first-order chi connectivity index (χ1) is 13.2. The quantitative estimate of drug-likeness (QED) is 0.299. The highest BCUT2D eigenvalue weighted by molar-refractivity contribution is 5.33. The van der Waals surface area contributed by atoms with Crippen molar-refractivity contribution in [3.63, 3.8) is 0 Å². The smallest absolute Gasteiger partial charge is 0.0991 e. The van der Waals surface area contributed by atoms with Crippen molar-refractivity contribution in [3.8, 4) is 6.07 Å². The van der Waals surface area contributed by atoms with Crippen molar-refractivity contribution in [3.05, 3.63) is 47.7 Å². The van der Waals surface area contributed by atoms with Crippen molar-refractivity contribution in [1.29, 1.82) is 5.26 Å². The van der Waals surface area contributed by atoms with Crippen LogP contribution in [0.5, 0.6) is 0 Å². The zero-order valence-corrected chi connectivity index (χ0v) is 17.3. The molecule has 1 unspecified atom stereocenters. The Morgan fingerprint density at radius 1 is 1.11 bits per heavy atom. The normalized spacial score (nSPS) is 21.1. The van der Waals surface area contributed by atoms with E-state index in [1.165, 1.54) is 63.4 Å². The monoisotopic (exact) mass is 367 g/mol. The summed E-state index contributed by atoms with van der Waals surface area (Å²) in [7, 11) is 0. The predicted octanol–water partition coefficient (Wildman–Crippen LogP) is 7.50. The van der Waals surface area contributed by atoms with Gasteiger partial charge in [-0.25, -0.2) is 0 Å². The molecule has 1 aromatic rings. The Balaban J connectivity index is 1.58. The van der Waals surface area contributed by atoms with Crippen LogP contribution in [0.4, 0.5) is 0 Å². The van der Waals surface area contributed by atoms with Gasteiger partial charge in [-0.05, 0) is 93.9 Å². The number of ether oxygens (including phenoxy) is 1. The van der Waals surface area contributed by atoms with Gasteiger partial charge in [-0.3, -0.25) is 0 Å². The van der Waals surface area contributed by atoms with Crippen LogP contribution in [0, 0.1) is 17.2 Å². The Morgan fingerprint density at radius 3 is 2.52 bits per heavy atom. The molecular weight excluding hydrogens is 330 g/mol. The molecule has 1 aromatic carbocycles. The third kappa shape index (κ3) is 8.21. The Kier molecular flexibility index (Phi) is 10.1. The van der Waals surface area contributed by atoms with Crippen LogP contribution < -0.4 is 0 Å². The fourth-order valence-electron chi connectivity index (χ4n) is 4.10. The summed E-state index contributed by atoms with van der Waals surface area (Å²) in [6.07, 6.45) is 18.5. The second kappa shape index (κ2) is 12.6. The van der Waals surface area contributed by atoms with Gasteiger partial charge in [-0.15, -0.1) is 0 Å². The summed E-state index contributed by atoms with van der Waals surface area (Å²) in [5.41, 5.74) is 2.17. The number of nitriles is 1. The summed E-state index contributed by atoms with van der Waals surface area (Å²) in [6.45, 7) is 4.45. The molecule has 0 N–H and O–H groups in total. The number of unbranched alkanes of at least 4 members (excludes halogenated alkanes) is 4. The molecule has 2 heteroatoms. The van der Waals surface area contributed by atoms with Crippen LogP contribution in [0.2, 0.25) is 0 Å². The maximum Gasteiger partial charge on any atom is 0.0991 e. The van der Waals surface area contributed by atoms with Crippen LogP contribution in [0.3, 0.4) is 0 Å². The zero-order chi connectivity index (χ0) is 19.3. The van der Waals surface area contributed by atoms with Gasteiger partial charge in [-0.2, -0.15) is 5.26 Å². The van der Waals surface area contributed by atoms with Crippen LogP contribution >= 0.6 is 0 Å². The van der Waals surface area contributed by atoms with Gasteiger partial charge in [0.2, 0.25) is 0 Å². The van der Waals surface area contributed by atoms with E-state index < -0.39 is 0 Å². The molecule has 2 rings (SSSR count). The number of rotatable bonds is 11. The molecule has 0 saturated heterocycles. The minimum Gasteiger partial charge on any atom is -0.499 e. The van der Waals surface area contributed by atoms with E-state index in [4.69, 9.17) is 10.00 Å². The number of hydrogen-bond donors (Lipinski definition) is 0. The molecule has 0 spiro atoms. The van der Waals surface area contributed by atoms with E-state index in [0.29, 0.717) is 12.0 Å². The molecule has 0 bridgehead atoms. The molecule has 1 saturated carbocycles. The lowest BCUT2D eigenvalue weighted by Crippen LogP contribution is -2.15. The molecule has 2 nitrogen and oxygen atoms in total. The van der Waals surface area contributed by atoms with Crippen LogP contribution in [0.1, 0.15) is 102 Å². The van der Waals surface area contributed by atoms with Crippen molar-refractivity contribution in [1.82, 2.24) is 0 Å². The number of hydrogen-bond acceptors (Lipinski definition) is 2. The van der Waals surface area contributed by atoms with Gasteiger partial charge in [0.1, 0.15) is 0 Å². The Bertz CT molecular complexity index is 575. The third-order valence-corrected chi connectivity index (χ3v) is 5.97. The molecule has 0 amide bonds. The van der Waals surface area contributed by atoms with Crippen molar-refractivity contribution >= 4 is 0 Å². The summed E-state index contributed by atoms with van der Waals surface area (Å²) in [4.78, 5) is 0. The van der Waals surface area contributed by atoms with Crippen LogP contribution in [-0.2, 0) is 4.74 Å². The highest BCUT2D eigenvalue weighted by Crippen LogP contribution is 2.37. The van der Waals surface area contributed by atoms with Gasteiger partial charge in [0.15, 0.2) is 0 Å². The maximum atomic E-state index is 8.92. The first kappa shape index (κ1) is 21.5. The predicted molar refractivity (Wildman–Crippen MR) is 114 cm³/mol. The first-order valence-electron chi connectivity index (χ1n) is 11.0. The van der Waals surface area contributed by atoms with Gasteiger partial charge in [-0.1, -0.05) is 38.3 Å². The molecule has 0 heterocycles. The lowest BCUT2D eigenvalue weighted by molar-refractivity contribution is 0.138. The topological polar surface area (TPSA) is 33.0 Å². The second-order valence-corrected chi connectivity index (χ2v) is 8.20. The lowest BCUT2D eigenvalue weighted by Gasteiger charge is -2.29. The number of benzene rings is 1. The van der Waals surface area contributed by atoms with Gasteiger partial charge < -0.3 is 4.74 Å². The van der Waals surface area contributed by atoms with Crippen molar-refractivity contribution < 1.29 is 4.74 Å². The Morgan fingerprint density at radius 2 is 1.85 bits per heavy atom. The highest BCUT2D eigenvalue weighted by atomic mass is 16.5. The molecule has 27 heavy (non-hydrogen) atoms. The zero-order valence-electron chi connectivity index (χ0n) is 17.3. The summed E-state index contributed by atoms with van der Waals surface area (Å²) >= 11 is 0. The molecule has 1 aliphatic rings. The third-order valence-electron chi connectivity index (χ3n) is 5.97. The van der Waals surface area contributed by atoms with Crippen LogP contribution in [-0.4, -0.2) is 6.10 Å². The Hall–Kier alpha value is -1.75. The lowest BCUT2D eigenvalue weighted by atomic mass is 9.77. The first-order valence-corrected chi connectivity index (χ1v) is 11.0. The summed E-state index contributed by atoms with van der Waals surface area (Å²) in [5.74, 6) is 1.53. The van der Waals surface area contributed by atoms with E-state index in [0.717, 1.165) is 24.3 Å². The summed E-state index contributed by atoms with van der Waals surface area (Å²) < 4.78 is 5.84. The van der Waals surface area contributed by atoms with E-state index in [1.54, 1.807) is 0 Å². The van der Waals surface area contributed by atoms with E-state index in [2.05, 4.69) is 38.1 Å². The fraction of sp³-hybridized carbons (Fsp3) is 0.640. The van der Waals surface area contributed by atoms with E-state index in [9.17, 15) is 0 Å². The molecule has 1 atom stereocenters. The largest absolute Gasteiger partial charge is 0.499 e. The molecule has 1 aliphatic carbocycles. The maximum absolute atomic E-state index is 8.92. The number of allylic oxidation sites excluding steroid dienone is 1. The van der Waals surface area contributed by atoms with Crippen molar-refractivity contribution in [2.45, 2.75) is 96.5 Å². The Labute approximate surface area is 166 Å². The summed E-state index contributed by atoms with van der Waals surface area (Å²) in [6, 6.07) is 10.4. The molecular formula is C25H37NO. The minimum atomic E-state index is 0.327. The molecule has 1 fully saturated rings. The standard InChI is InChI=1S/C25H37NO/c1-3-4-5-6-7-8-19-27-21(2)9-10-22-11-15-24(16-12-22)25-17-13-23(20-26)14-18-25/h8,13-14,17-19,21-22,24H,3-7,9-12,15-16H2,1-2H3/b19-8+. The molecule has 0 radical (unpaired) electrons. The van der Waals surface area contributed by atoms with E-state index in [1.807, 2.05) is 18.4 Å². The molecule has 0 aromatic heterocycles. The fourth-order valence-corrected chi connectivity index (χ4v) is 4.10. The van der Waals surface area contributed by atoms with Gasteiger partial charge >= 0.3 is 0 Å². The second-order valence-electron chi connectivity index (χ2n) is 8.20. The van der Waals surface area contributed by atoms with Gasteiger partial charge in [0.05, 0.1) is 24.0 Å². The molecule has 148 valence electrons. The number of nitrogens with zero attached hydrogens (tertiary/aromatic N) is 1. The summed E-state index contributed by atoms with van der Waals surface area (Å²) in [5, 5.41) is 8.92. The van der Waals surface area contributed by atoms with E-state index >= 15 is 0 Å². The van der Waals surface area contributed by atoms with Gasteiger partial charge in [0, 0.05) is 0 Å².